The van der Waals surface area contributed by atoms with Crippen molar-refractivity contribution in [2.75, 3.05) is 12.3 Å². The van der Waals surface area contributed by atoms with Crippen LogP contribution in [0.2, 0.25) is 5.02 Å². The van der Waals surface area contributed by atoms with E-state index in [9.17, 15) is 9.59 Å². The molecule has 1 unspecified atom stereocenters. The molecular weight excluding hydrogens is 450 g/mol. The molecule has 1 aliphatic rings. The molecular formula is C23H26ClN3O2S2. The predicted molar refractivity (Wildman–Crippen MR) is 130 cm³/mol. The minimum absolute atomic E-state index is 0.0602. The number of aromatic nitrogens is 2. The first kappa shape index (κ1) is 22.4. The molecule has 1 aliphatic carbocycles. The van der Waals surface area contributed by atoms with Crippen LogP contribution in [-0.2, 0) is 17.6 Å². The summed E-state index contributed by atoms with van der Waals surface area (Å²) in [4.78, 5) is 32.9. The van der Waals surface area contributed by atoms with Gasteiger partial charge in [-0.05, 0) is 60.9 Å². The van der Waals surface area contributed by atoms with Crippen molar-refractivity contribution in [3.05, 3.63) is 50.1 Å². The number of hydrogen-bond acceptors (Lipinski definition) is 5. The Morgan fingerprint density at radius 2 is 2.10 bits per heavy atom. The van der Waals surface area contributed by atoms with Crippen molar-refractivity contribution >= 4 is 50.8 Å². The number of thiophene rings is 1. The number of halogens is 1. The lowest BCUT2D eigenvalue weighted by Gasteiger charge is -2.18. The lowest BCUT2D eigenvalue weighted by atomic mass is 9.89. The van der Waals surface area contributed by atoms with Gasteiger partial charge in [-0.3, -0.25) is 14.2 Å². The van der Waals surface area contributed by atoms with E-state index in [1.165, 1.54) is 16.6 Å². The highest BCUT2D eigenvalue weighted by molar-refractivity contribution is 7.99. The monoisotopic (exact) mass is 475 g/mol. The normalized spacial score (nSPS) is 16.0. The van der Waals surface area contributed by atoms with Gasteiger partial charge in [0.25, 0.3) is 5.56 Å². The second-order valence-corrected chi connectivity index (χ2v) is 11.0. The molecule has 2 heterocycles. The van der Waals surface area contributed by atoms with E-state index in [2.05, 4.69) is 26.1 Å². The van der Waals surface area contributed by atoms with Crippen molar-refractivity contribution in [2.24, 2.45) is 11.8 Å². The molecule has 0 saturated carbocycles. The fraction of sp³-hybridized carbons (Fsp3) is 0.435. The Balaban J connectivity index is 1.78. The Morgan fingerprint density at radius 1 is 1.35 bits per heavy atom. The summed E-state index contributed by atoms with van der Waals surface area (Å²) in [7, 11) is 0. The number of nitrogens with zero attached hydrogens (tertiary/aromatic N) is 2. The van der Waals surface area contributed by atoms with E-state index in [0.29, 0.717) is 34.2 Å². The molecule has 1 amide bonds. The van der Waals surface area contributed by atoms with Crippen LogP contribution in [0.5, 0.6) is 0 Å². The standard InChI is InChI=1S/C23H26ClN3O2S2/c1-13(2)11-25-19(28)12-30-23-26-21-20(17-9-4-14(3)10-18(17)31-21)22(29)27(23)16-7-5-15(24)6-8-16/h5-8,13-14H,4,9-12H2,1-3H3,(H,25,28). The summed E-state index contributed by atoms with van der Waals surface area (Å²) in [5, 5.41) is 4.80. The van der Waals surface area contributed by atoms with Gasteiger partial charge in [-0.1, -0.05) is 44.1 Å². The molecule has 31 heavy (non-hydrogen) atoms. The fourth-order valence-electron chi connectivity index (χ4n) is 3.78. The minimum atomic E-state index is -0.0653. The third-order valence-electron chi connectivity index (χ3n) is 5.42. The molecule has 0 fully saturated rings. The molecule has 0 spiro atoms. The largest absolute Gasteiger partial charge is 0.355 e. The SMILES string of the molecule is CC(C)CNC(=O)CSc1nc2sc3c(c2c(=O)n1-c1ccc(Cl)cc1)CCC(C)C3. The highest BCUT2D eigenvalue weighted by Crippen LogP contribution is 2.37. The third kappa shape index (κ3) is 4.83. The zero-order valence-electron chi connectivity index (χ0n) is 17.9. The molecule has 4 rings (SSSR count). The Morgan fingerprint density at radius 3 is 2.81 bits per heavy atom. The van der Waals surface area contributed by atoms with E-state index in [1.807, 2.05) is 12.1 Å². The highest BCUT2D eigenvalue weighted by Gasteiger charge is 2.25. The summed E-state index contributed by atoms with van der Waals surface area (Å²) >= 11 is 8.99. The van der Waals surface area contributed by atoms with Gasteiger partial charge < -0.3 is 5.32 Å². The lowest BCUT2D eigenvalue weighted by molar-refractivity contribution is -0.118. The van der Waals surface area contributed by atoms with Crippen molar-refractivity contribution in [3.8, 4) is 5.69 Å². The number of carbonyl (C=O) groups excluding carboxylic acids is 1. The maximum atomic E-state index is 13.7. The van der Waals surface area contributed by atoms with E-state index >= 15 is 0 Å². The zero-order chi connectivity index (χ0) is 22.1. The number of amides is 1. The van der Waals surface area contributed by atoms with Crippen LogP contribution in [0.15, 0.2) is 34.2 Å². The average molecular weight is 476 g/mol. The van der Waals surface area contributed by atoms with Crippen LogP contribution in [0.1, 0.15) is 37.6 Å². The van der Waals surface area contributed by atoms with Crippen molar-refractivity contribution < 1.29 is 4.79 Å². The van der Waals surface area contributed by atoms with Gasteiger partial charge in [0.05, 0.1) is 16.8 Å². The van der Waals surface area contributed by atoms with Crippen molar-refractivity contribution in [3.63, 3.8) is 0 Å². The molecule has 0 bridgehead atoms. The van der Waals surface area contributed by atoms with E-state index in [1.54, 1.807) is 28.0 Å². The Hall–Kier alpha value is -1.83. The van der Waals surface area contributed by atoms with Crippen molar-refractivity contribution in [1.82, 2.24) is 14.9 Å². The number of rotatable bonds is 6. The molecule has 2 aromatic heterocycles. The quantitative estimate of drug-likeness (QED) is 0.398. The van der Waals surface area contributed by atoms with Crippen LogP contribution in [0.25, 0.3) is 15.9 Å². The summed E-state index contributed by atoms with van der Waals surface area (Å²) < 4.78 is 1.63. The van der Waals surface area contributed by atoms with Gasteiger partial charge in [0.1, 0.15) is 4.83 Å². The zero-order valence-corrected chi connectivity index (χ0v) is 20.3. The van der Waals surface area contributed by atoms with Crippen LogP contribution >= 0.6 is 34.7 Å². The number of benzene rings is 1. The molecule has 1 atom stereocenters. The maximum Gasteiger partial charge on any atom is 0.267 e. The first-order valence-electron chi connectivity index (χ1n) is 10.6. The molecule has 0 saturated heterocycles. The van der Waals surface area contributed by atoms with Crippen LogP contribution in [0.3, 0.4) is 0 Å². The van der Waals surface area contributed by atoms with Crippen LogP contribution in [0.4, 0.5) is 0 Å². The summed E-state index contributed by atoms with van der Waals surface area (Å²) in [6.07, 6.45) is 3.00. The topological polar surface area (TPSA) is 64.0 Å². The first-order chi connectivity index (χ1) is 14.8. The molecule has 5 nitrogen and oxygen atoms in total. The predicted octanol–water partition coefficient (Wildman–Crippen LogP) is 5.09. The molecule has 8 heteroatoms. The molecule has 0 radical (unpaired) electrons. The average Bonchev–Trinajstić information content (AvgIpc) is 3.09. The number of nitrogens with one attached hydrogen (secondary N) is 1. The van der Waals surface area contributed by atoms with Gasteiger partial charge in [-0.15, -0.1) is 11.3 Å². The summed E-state index contributed by atoms with van der Waals surface area (Å²) in [6.45, 7) is 7.00. The number of aryl methyl sites for hydroxylation is 1. The third-order valence-corrected chi connectivity index (χ3v) is 7.76. The molecule has 3 aromatic rings. The molecule has 164 valence electrons. The smallest absolute Gasteiger partial charge is 0.267 e. The van der Waals surface area contributed by atoms with Crippen molar-refractivity contribution in [2.45, 2.75) is 45.2 Å². The highest BCUT2D eigenvalue weighted by atomic mass is 35.5. The molecule has 1 N–H and O–H groups in total. The van der Waals surface area contributed by atoms with Gasteiger partial charge in [0.2, 0.25) is 5.91 Å². The molecule has 0 aliphatic heterocycles. The number of thioether (sulfide) groups is 1. The van der Waals surface area contributed by atoms with Crippen LogP contribution in [-0.4, -0.2) is 27.8 Å². The molecule has 1 aromatic carbocycles. The Kier molecular flexibility index (Phi) is 6.74. The summed E-state index contributed by atoms with van der Waals surface area (Å²) in [5.41, 5.74) is 1.80. The van der Waals surface area contributed by atoms with E-state index in [4.69, 9.17) is 16.6 Å². The van der Waals surface area contributed by atoms with Gasteiger partial charge in [-0.2, -0.15) is 0 Å². The lowest BCUT2D eigenvalue weighted by Crippen LogP contribution is -2.29. The maximum absolute atomic E-state index is 13.7. The van der Waals surface area contributed by atoms with Gasteiger partial charge in [0.15, 0.2) is 5.16 Å². The van der Waals surface area contributed by atoms with E-state index in [0.717, 1.165) is 35.0 Å². The van der Waals surface area contributed by atoms with E-state index in [-0.39, 0.29) is 17.2 Å². The Labute approximate surface area is 195 Å². The van der Waals surface area contributed by atoms with Gasteiger partial charge >= 0.3 is 0 Å². The summed E-state index contributed by atoms with van der Waals surface area (Å²) in [6, 6.07) is 7.17. The van der Waals surface area contributed by atoms with Crippen LogP contribution in [0, 0.1) is 11.8 Å². The fourth-order valence-corrected chi connectivity index (χ4v) is 6.18. The van der Waals surface area contributed by atoms with Crippen molar-refractivity contribution in [1.29, 1.82) is 0 Å². The minimum Gasteiger partial charge on any atom is -0.355 e. The second kappa shape index (κ2) is 9.35. The number of hydrogen-bond donors (Lipinski definition) is 1. The first-order valence-corrected chi connectivity index (χ1v) is 12.7. The van der Waals surface area contributed by atoms with Gasteiger partial charge in [-0.25, -0.2) is 4.98 Å². The summed E-state index contributed by atoms with van der Waals surface area (Å²) in [5.74, 6) is 1.16. The van der Waals surface area contributed by atoms with E-state index < -0.39 is 0 Å². The Bertz CT molecular complexity index is 1170. The number of fused-ring (bicyclic) bond motifs is 3. The van der Waals surface area contributed by atoms with Gasteiger partial charge in [0, 0.05) is 16.4 Å². The number of carbonyl (C=O) groups is 1. The van der Waals surface area contributed by atoms with Crippen LogP contribution < -0.4 is 10.9 Å². The second-order valence-electron chi connectivity index (χ2n) is 8.53.